The summed E-state index contributed by atoms with van der Waals surface area (Å²) < 4.78 is 5.43. The maximum Gasteiger partial charge on any atom is 0.291 e. The molecule has 0 fully saturated rings. The summed E-state index contributed by atoms with van der Waals surface area (Å²) in [6.45, 7) is 0. The van der Waals surface area contributed by atoms with Crippen LogP contribution < -0.4 is 10.4 Å². The van der Waals surface area contributed by atoms with Crippen molar-refractivity contribution in [3.05, 3.63) is 65.9 Å². The van der Waals surface area contributed by atoms with Gasteiger partial charge in [-0.1, -0.05) is 36.4 Å². The van der Waals surface area contributed by atoms with E-state index in [1.807, 2.05) is 12.1 Å². The van der Waals surface area contributed by atoms with Crippen molar-refractivity contribution >= 4 is 28.5 Å². The van der Waals surface area contributed by atoms with Crippen molar-refractivity contribution in [3.63, 3.8) is 0 Å². The van der Waals surface area contributed by atoms with E-state index in [1.165, 1.54) is 12.1 Å². The molecule has 0 unspecified atom stereocenters. The largest absolute Gasteiger partial charge is 0.545 e. The van der Waals surface area contributed by atoms with E-state index in [1.54, 1.807) is 30.3 Å². The smallest absolute Gasteiger partial charge is 0.291 e. The first-order valence-corrected chi connectivity index (χ1v) is 6.25. The van der Waals surface area contributed by atoms with Gasteiger partial charge in [-0.3, -0.25) is 4.79 Å². The molecule has 21 heavy (non-hydrogen) atoms. The van der Waals surface area contributed by atoms with Crippen molar-refractivity contribution in [2.75, 3.05) is 5.32 Å². The van der Waals surface area contributed by atoms with Crippen LogP contribution in [0.3, 0.4) is 0 Å². The topological polar surface area (TPSA) is 82.4 Å². The minimum absolute atomic E-state index is 0.0815. The van der Waals surface area contributed by atoms with E-state index in [4.69, 9.17) is 4.42 Å². The molecule has 0 bridgehead atoms. The average molecular weight is 280 g/mol. The monoisotopic (exact) mass is 280 g/mol. The lowest BCUT2D eigenvalue weighted by molar-refractivity contribution is -0.254. The molecular weight excluding hydrogens is 270 g/mol. The van der Waals surface area contributed by atoms with Gasteiger partial charge in [-0.25, -0.2) is 0 Å². The number of anilines is 1. The number of rotatable bonds is 3. The highest BCUT2D eigenvalue weighted by atomic mass is 16.4. The summed E-state index contributed by atoms with van der Waals surface area (Å²) in [6.07, 6.45) is 0. The van der Waals surface area contributed by atoms with Crippen LogP contribution in [0.4, 0.5) is 5.69 Å². The number of carbonyl (C=O) groups excluding carboxylic acids is 2. The number of aromatic carboxylic acids is 1. The predicted molar refractivity (Wildman–Crippen MR) is 74.9 cm³/mol. The molecule has 3 aromatic rings. The Bertz CT molecular complexity index is 802. The van der Waals surface area contributed by atoms with Gasteiger partial charge < -0.3 is 19.6 Å². The van der Waals surface area contributed by atoms with Crippen molar-refractivity contribution in [3.8, 4) is 0 Å². The molecule has 2 aromatic carbocycles. The van der Waals surface area contributed by atoms with Crippen LogP contribution in [0.25, 0.3) is 11.0 Å². The molecule has 1 amide bonds. The molecule has 1 N–H and O–H groups in total. The van der Waals surface area contributed by atoms with Gasteiger partial charge in [0.25, 0.3) is 5.91 Å². The zero-order valence-corrected chi connectivity index (χ0v) is 10.8. The number of carboxylic acids is 1. The quantitative estimate of drug-likeness (QED) is 0.796. The molecule has 0 radical (unpaired) electrons. The Morgan fingerprint density at radius 3 is 2.48 bits per heavy atom. The number of nitrogens with one attached hydrogen (secondary N) is 1. The number of hydrogen-bond acceptors (Lipinski definition) is 4. The molecular formula is C16H10NO4-. The molecule has 0 atom stereocenters. The summed E-state index contributed by atoms with van der Waals surface area (Å²) in [5, 5.41) is 14.3. The summed E-state index contributed by atoms with van der Waals surface area (Å²) in [5.74, 6) is -1.75. The molecule has 0 aliphatic carbocycles. The lowest BCUT2D eigenvalue weighted by atomic mass is 10.2. The Morgan fingerprint density at radius 2 is 1.71 bits per heavy atom. The van der Waals surface area contributed by atoms with Crippen LogP contribution in [-0.2, 0) is 0 Å². The Balaban J connectivity index is 1.91. The maximum atomic E-state index is 12.1. The Morgan fingerprint density at radius 1 is 1.00 bits per heavy atom. The van der Waals surface area contributed by atoms with Gasteiger partial charge in [0.15, 0.2) is 5.76 Å². The van der Waals surface area contributed by atoms with Gasteiger partial charge in [0.05, 0.1) is 11.7 Å². The average Bonchev–Trinajstić information content (AvgIpc) is 2.91. The van der Waals surface area contributed by atoms with Gasteiger partial charge in [-0.05, 0) is 18.2 Å². The first kappa shape index (κ1) is 12.9. The normalized spacial score (nSPS) is 10.5. The molecule has 0 saturated carbocycles. The van der Waals surface area contributed by atoms with Crippen LogP contribution >= 0.6 is 0 Å². The number of amides is 1. The number of carboxylic acid groups (broad SMARTS) is 1. The third kappa shape index (κ3) is 2.49. The molecule has 3 rings (SSSR count). The first-order valence-electron chi connectivity index (χ1n) is 6.25. The van der Waals surface area contributed by atoms with Gasteiger partial charge >= 0.3 is 0 Å². The summed E-state index contributed by atoms with van der Waals surface area (Å²) in [5.41, 5.74) is 0.681. The number of benzene rings is 2. The Hall–Kier alpha value is -3.08. The Labute approximate surface area is 119 Å². The van der Waals surface area contributed by atoms with Crippen molar-refractivity contribution in [2.24, 2.45) is 0 Å². The van der Waals surface area contributed by atoms with Crippen LogP contribution in [-0.4, -0.2) is 11.9 Å². The van der Waals surface area contributed by atoms with Crippen LogP contribution in [0.15, 0.2) is 59.0 Å². The van der Waals surface area contributed by atoms with E-state index >= 15 is 0 Å². The highest BCUT2D eigenvalue weighted by molar-refractivity contribution is 6.07. The van der Waals surface area contributed by atoms with E-state index in [9.17, 15) is 14.7 Å². The van der Waals surface area contributed by atoms with Gasteiger partial charge in [-0.2, -0.15) is 0 Å². The van der Waals surface area contributed by atoms with E-state index in [0.717, 1.165) is 5.39 Å². The molecule has 5 nitrogen and oxygen atoms in total. The van der Waals surface area contributed by atoms with Gasteiger partial charge in [-0.15, -0.1) is 0 Å². The van der Waals surface area contributed by atoms with E-state index in [0.29, 0.717) is 5.58 Å². The molecule has 0 aliphatic heterocycles. The number of para-hydroxylation sites is 2. The second-order valence-electron chi connectivity index (χ2n) is 4.44. The van der Waals surface area contributed by atoms with Crippen LogP contribution in [0, 0.1) is 0 Å². The molecule has 0 aliphatic rings. The summed E-state index contributed by atoms with van der Waals surface area (Å²) >= 11 is 0. The van der Waals surface area contributed by atoms with Gasteiger partial charge in [0.2, 0.25) is 0 Å². The van der Waals surface area contributed by atoms with Crippen LogP contribution in [0.1, 0.15) is 20.9 Å². The van der Waals surface area contributed by atoms with Gasteiger partial charge in [0.1, 0.15) is 5.58 Å². The number of fused-ring (bicyclic) bond motifs is 1. The molecule has 0 saturated heterocycles. The van der Waals surface area contributed by atoms with Crippen molar-refractivity contribution in [2.45, 2.75) is 0 Å². The number of carbonyl (C=O) groups is 2. The molecule has 1 heterocycles. The number of hydrogen-bond donors (Lipinski definition) is 1. The fourth-order valence-electron chi connectivity index (χ4n) is 2.05. The summed E-state index contributed by atoms with van der Waals surface area (Å²) in [6, 6.07) is 14.9. The number of furan rings is 1. The molecule has 5 heteroatoms. The fraction of sp³-hybridized carbons (Fsp3) is 0. The third-order valence-corrected chi connectivity index (χ3v) is 3.04. The lowest BCUT2D eigenvalue weighted by Gasteiger charge is -2.10. The standard InChI is InChI=1S/C16H11NO4/c18-15(14-9-10-5-1-4-8-13(10)21-14)17-12-7-3-2-6-11(12)16(19)20/h1-9H,(H,17,18)(H,19,20)/p-1. The van der Waals surface area contributed by atoms with E-state index in [2.05, 4.69) is 5.32 Å². The SMILES string of the molecule is O=C(Nc1ccccc1C(=O)[O-])c1cc2ccccc2o1. The highest BCUT2D eigenvalue weighted by Crippen LogP contribution is 2.21. The Kier molecular flexibility index (Phi) is 3.16. The molecule has 1 aromatic heterocycles. The van der Waals surface area contributed by atoms with Crippen LogP contribution in [0.2, 0.25) is 0 Å². The lowest BCUT2D eigenvalue weighted by Crippen LogP contribution is -2.24. The predicted octanol–water partition coefficient (Wildman–Crippen LogP) is 2.05. The third-order valence-electron chi connectivity index (χ3n) is 3.04. The van der Waals surface area contributed by atoms with Crippen LogP contribution in [0.5, 0.6) is 0 Å². The summed E-state index contributed by atoms with van der Waals surface area (Å²) in [7, 11) is 0. The van der Waals surface area contributed by atoms with Crippen molar-refractivity contribution < 1.29 is 19.1 Å². The van der Waals surface area contributed by atoms with Crippen molar-refractivity contribution in [1.29, 1.82) is 0 Å². The molecule has 104 valence electrons. The maximum absolute atomic E-state index is 12.1. The second kappa shape index (κ2) is 5.13. The fourth-order valence-corrected chi connectivity index (χ4v) is 2.05. The summed E-state index contributed by atoms with van der Waals surface area (Å²) in [4.78, 5) is 23.1. The second-order valence-corrected chi connectivity index (χ2v) is 4.44. The zero-order chi connectivity index (χ0) is 14.8. The first-order chi connectivity index (χ1) is 10.1. The minimum atomic E-state index is -1.35. The van der Waals surface area contributed by atoms with Gasteiger partial charge in [0, 0.05) is 10.9 Å². The zero-order valence-electron chi connectivity index (χ0n) is 10.8. The highest BCUT2D eigenvalue weighted by Gasteiger charge is 2.14. The minimum Gasteiger partial charge on any atom is -0.545 e. The molecule has 0 spiro atoms. The van der Waals surface area contributed by atoms with Crippen molar-refractivity contribution in [1.82, 2.24) is 0 Å². The van der Waals surface area contributed by atoms with E-state index < -0.39 is 11.9 Å². The van der Waals surface area contributed by atoms with E-state index in [-0.39, 0.29) is 17.0 Å².